The topological polar surface area (TPSA) is 40.5 Å². The van der Waals surface area contributed by atoms with Gasteiger partial charge in [-0.15, -0.1) is 0 Å². The summed E-state index contributed by atoms with van der Waals surface area (Å²) in [6.07, 6.45) is 0. The molecule has 0 atom stereocenters. The summed E-state index contributed by atoms with van der Waals surface area (Å²) in [5.41, 5.74) is 2.22. The van der Waals surface area contributed by atoms with Gasteiger partial charge >= 0.3 is 0 Å². The van der Waals surface area contributed by atoms with Crippen LogP contribution in [0.2, 0.25) is 0 Å². The van der Waals surface area contributed by atoms with Crippen molar-refractivity contribution in [2.75, 3.05) is 4.90 Å². The summed E-state index contributed by atoms with van der Waals surface area (Å²) >= 11 is 0. The first kappa shape index (κ1) is 15.9. The van der Waals surface area contributed by atoms with Gasteiger partial charge < -0.3 is 5.11 Å². The van der Waals surface area contributed by atoms with Gasteiger partial charge in [-0.2, -0.15) is 0 Å². The molecule has 0 heterocycles. The summed E-state index contributed by atoms with van der Waals surface area (Å²) in [5, 5.41) is 11.4. The molecule has 0 aliphatic rings. The van der Waals surface area contributed by atoms with E-state index >= 15 is 0 Å². The van der Waals surface area contributed by atoms with Crippen LogP contribution in [0, 0.1) is 0 Å². The average Bonchev–Trinajstić information content (AvgIpc) is 2.69. The van der Waals surface area contributed by atoms with Gasteiger partial charge in [-0.05, 0) is 59.3 Å². The van der Waals surface area contributed by atoms with E-state index in [2.05, 4.69) is 0 Å². The molecular formula is C23H17NO2. The average molecular weight is 339 g/mol. The lowest BCUT2D eigenvalue weighted by atomic mass is 10.1. The van der Waals surface area contributed by atoms with Crippen molar-refractivity contribution in [3.63, 3.8) is 0 Å². The van der Waals surface area contributed by atoms with Gasteiger partial charge in [0.15, 0.2) is 0 Å². The maximum atomic E-state index is 13.3. The highest BCUT2D eigenvalue weighted by atomic mass is 16.3. The molecule has 3 heteroatoms. The Kier molecular flexibility index (Phi) is 4.12. The molecule has 0 radical (unpaired) electrons. The summed E-state index contributed by atoms with van der Waals surface area (Å²) in [5.74, 6) is 0.115. The number of nitrogens with zero attached hydrogens (tertiary/aromatic N) is 1. The maximum absolute atomic E-state index is 13.3. The van der Waals surface area contributed by atoms with Crippen molar-refractivity contribution in [2.45, 2.75) is 0 Å². The van der Waals surface area contributed by atoms with Gasteiger partial charge in [0.05, 0.1) is 0 Å². The molecule has 4 aromatic rings. The Labute approximate surface area is 151 Å². The van der Waals surface area contributed by atoms with E-state index in [1.165, 1.54) is 0 Å². The fourth-order valence-electron chi connectivity index (χ4n) is 3.03. The standard InChI is InChI=1S/C23H17NO2/c25-22-14-13-17-15-19(12-11-18(17)16-22)23(26)24(20-7-3-1-4-8-20)21-9-5-2-6-10-21/h1-16,25H. The van der Waals surface area contributed by atoms with Crippen molar-refractivity contribution in [1.82, 2.24) is 0 Å². The third kappa shape index (κ3) is 3.03. The maximum Gasteiger partial charge on any atom is 0.262 e. The summed E-state index contributed by atoms with van der Waals surface area (Å²) in [6.45, 7) is 0. The molecule has 3 nitrogen and oxygen atoms in total. The molecule has 0 spiro atoms. The zero-order chi connectivity index (χ0) is 17.9. The monoisotopic (exact) mass is 339 g/mol. The lowest BCUT2D eigenvalue weighted by Gasteiger charge is -2.23. The Morgan fingerprint density at radius 1 is 0.654 bits per heavy atom. The van der Waals surface area contributed by atoms with Crippen molar-refractivity contribution in [1.29, 1.82) is 0 Å². The third-order valence-corrected chi connectivity index (χ3v) is 4.30. The lowest BCUT2D eigenvalue weighted by molar-refractivity contribution is 0.0999. The van der Waals surface area contributed by atoms with E-state index in [0.717, 1.165) is 22.1 Å². The molecule has 4 aromatic carbocycles. The van der Waals surface area contributed by atoms with Crippen molar-refractivity contribution < 1.29 is 9.90 Å². The predicted molar refractivity (Wildman–Crippen MR) is 105 cm³/mol. The van der Waals surface area contributed by atoms with E-state index in [9.17, 15) is 9.90 Å². The number of hydrogen-bond acceptors (Lipinski definition) is 2. The zero-order valence-electron chi connectivity index (χ0n) is 14.0. The number of fused-ring (bicyclic) bond motifs is 1. The van der Waals surface area contributed by atoms with Crippen LogP contribution in [-0.2, 0) is 0 Å². The second kappa shape index (κ2) is 6.73. The highest BCUT2D eigenvalue weighted by Crippen LogP contribution is 2.28. The molecule has 0 aliphatic carbocycles. The molecular weight excluding hydrogens is 322 g/mol. The Morgan fingerprint density at radius 2 is 1.19 bits per heavy atom. The first-order valence-corrected chi connectivity index (χ1v) is 8.40. The van der Waals surface area contributed by atoms with Gasteiger partial charge in [-0.1, -0.05) is 48.5 Å². The quantitative estimate of drug-likeness (QED) is 0.533. The summed E-state index contributed by atoms with van der Waals surface area (Å²) in [7, 11) is 0. The van der Waals surface area contributed by atoms with Crippen LogP contribution in [-0.4, -0.2) is 11.0 Å². The second-order valence-electron chi connectivity index (χ2n) is 6.06. The minimum Gasteiger partial charge on any atom is -0.508 e. The molecule has 126 valence electrons. The van der Waals surface area contributed by atoms with Gasteiger partial charge in [0, 0.05) is 16.9 Å². The Balaban J connectivity index is 1.81. The highest BCUT2D eigenvalue weighted by molar-refractivity contribution is 6.12. The normalized spacial score (nSPS) is 10.6. The second-order valence-corrected chi connectivity index (χ2v) is 6.06. The minimum absolute atomic E-state index is 0.0997. The van der Waals surface area contributed by atoms with E-state index in [-0.39, 0.29) is 11.7 Å². The zero-order valence-corrected chi connectivity index (χ0v) is 14.0. The number of amides is 1. The fourth-order valence-corrected chi connectivity index (χ4v) is 3.03. The van der Waals surface area contributed by atoms with Crippen molar-refractivity contribution in [3.8, 4) is 5.75 Å². The number of para-hydroxylation sites is 2. The number of phenols is 1. The van der Waals surface area contributed by atoms with Crippen LogP contribution in [0.3, 0.4) is 0 Å². The molecule has 0 bridgehead atoms. The Hall–Kier alpha value is -3.59. The van der Waals surface area contributed by atoms with Gasteiger partial charge in [0.2, 0.25) is 0 Å². The van der Waals surface area contributed by atoms with E-state index in [4.69, 9.17) is 0 Å². The van der Waals surface area contributed by atoms with Crippen molar-refractivity contribution in [2.24, 2.45) is 0 Å². The first-order chi connectivity index (χ1) is 12.7. The molecule has 1 N–H and O–H groups in total. The number of aromatic hydroxyl groups is 1. The summed E-state index contributed by atoms with van der Waals surface area (Å²) < 4.78 is 0. The number of carbonyl (C=O) groups excluding carboxylic acids is 1. The number of rotatable bonds is 3. The number of phenolic OH excluding ortho intramolecular Hbond substituents is 1. The van der Waals surface area contributed by atoms with E-state index in [1.807, 2.05) is 78.9 Å². The number of anilines is 2. The van der Waals surface area contributed by atoms with Gasteiger partial charge in [0.1, 0.15) is 5.75 Å². The molecule has 0 fully saturated rings. The molecule has 26 heavy (non-hydrogen) atoms. The number of hydrogen-bond donors (Lipinski definition) is 1. The lowest BCUT2D eigenvalue weighted by Crippen LogP contribution is -2.25. The van der Waals surface area contributed by atoms with Crippen LogP contribution in [0.25, 0.3) is 10.8 Å². The highest BCUT2D eigenvalue weighted by Gasteiger charge is 2.19. The third-order valence-electron chi connectivity index (χ3n) is 4.30. The minimum atomic E-state index is -0.0997. The van der Waals surface area contributed by atoms with E-state index < -0.39 is 0 Å². The smallest absolute Gasteiger partial charge is 0.262 e. The molecule has 0 saturated carbocycles. The largest absolute Gasteiger partial charge is 0.508 e. The van der Waals surface area contributed by atoms with Crippen LogP contribution in [0.4, 0.5) is 11.4 Å². The summed E-state index contributed by atoms with van der Waals surface area (Å²) in [6, 6.07) is 29.9. The number of carbonyl (C=O) groups is 1. The number of benzene rings is 4. The van der Waals surface area contributed by atoms with Crippen LogP contribution < -0.4 is 4.90 Å². The SMILES string of the molecule is O=C(c1ccc2cc(O)ccc2c1)N(c1ccccc1)c1ccccc1. The van der Waals surface area contributed by atoms with Crippen LogP contribution in [0.1, 0.15) is 10.4 Å². The Morgan fingerprint density at radius 3 is 1.81 bits per heavy atom. The van der Waals surface area contributed by atoms with Crippen LogP contribution in [0.15, 0.2) is 97.1 Å². The first-order valence-electron chi connectivity index (χ1n) is 8.40. The van der Waals surface area contributed by atoms with Gasteiger partial charge in [-0.25, -0.2) is 0 Å². The molecule has 0 aliphatic heterocycles. The molecule has 1 amide bonds. The van der Waals surface area contributed by atoms with Crippen LogP contribution >= 0.6 is 0 Å². The van der Waals surface area contributed by atoms with E-state index in [0.29, 0.717) is 5.56 Å². The van der Waals surface area contributed by atoms with Crippen molar-refractivity contribution >= 4 is 28.1 Å². The summed E-state index contributed by atoms with van der Waals surface area (Å²) in [4.78, 5) is 15.0. The Bertz CT molecular complexity index is 1020. The molecule has 4 rings (SSSR count). The molecule has 0 saturated heterocycles. The van der Waals surface area contributed by atoms with Gasteiger partial charge in [0.25, 0.3) is 5.91 Å². The van der Waals surface area contributed by atoms with Crippen molar-refractivity contribution in [3.05, 3.63) is 103 Å². The van der Waals surface area contributed by atoms with Crippen LogP contribution in [0.5, 0.6) is 5.75 Å². The fraction of sp³-hybridized carbons (Fsp3) is 0. The van der Waals surface area contributed by atoms with E-state index in [1.54, 1.807) is 23.1 Å². The molecule has 0 aromatic heterocycles. The molecule has 0 unspecified atom stereocenters. The van der Waals surface area contributed by atoms with Gasteiger partial charge in [-0.3, -0.25) is 9.69 Å². The predicted octanol–water partition coefficient (Wildman–Crippen LogP) is 5.52.